The number of carboxylic acid groups (broad SMARTS) is 1. The number of rotatable bonds is 5. The number of aromatic nitrogens is 2. The van der Waals surface area contributed by atoms with Gasteiger partial charge in [-0.3, -0.25) is 14.4 Å². The van der Waals surface area contributed by atoms with Crippen molar-refractivity contribution in [1.29, 1.82) is 0 Å². The van der Waals surface area contributed by atoms with Gasteiger partial charge in [-0.2, -0.15) is 5.10 Å². The average Bonchev–Trinajstić information content (AvgIpc) is 2.49. The van der Waals surface area contributed by atoms with Crippen molar-refractivity contribution in [2.24, 2.45) is 7.05 Å². The van der Waals surface area contributed by atoms with Crippen LogP contribution in [0.2, 0.25) is 0 Å². The number of carboxylic acids is 1. The van der Waals surface area contributed by atoms with E-state index in [1.807, 2.05) is 31.1 Å². The molecule has 0 bridgehead atoms. The van der Waals surface area contributed by atoms with E-state index in [9.17, 15) is 4.79 Å². The number of aliphatic carboxylic acids is 1. The van der Waals surface area contributed by atoms with Gasteiger partial charge < -0.3 is 5.11 Å². The van der Waals surface area contributed by atoms with E-state index in [-0.39, 0.29) is 6.54 Å². The number of hydrogen-bond acceptors (Lipinski definition) is 3. The molecule has 0 spiro atoms. The van der Waals surface area contributed by atoms with Gasteiger partial charge in [0.25, 0.3) is 0 Å². The standard InChI is InChI=1S/C9H15N3O2/c1-3-12(7-9(13)14)6-8-4-5-11(2)10-8/h4-5H,3,6-7H2,1-2H3,(H,13,14). The Kier molecular flexibility index (Phi) is 3.64. The van der Waals surface area contributed by atoms with Crippen LogP contribution in [0.3, 0.4) is 0 Å². The topological polar surface area (TPSA) is 58.4 Å². The van der Waals surface area contributed by atoms with E-state index in [1.54, 1.807) is 4.68 Å². The minimum absolute atomic E-state index is 0.0626. The summed E-state index contributed by atoms with van der Waals surface area (Å²) in [4.78, 5) is 12.3. The van der Waals surface area contributed by atoms with Crippen molar-refractivity contribution in [3.05, 3.63) is 18.0 Å². The summed E-state index contributed by atoms with van der Waals surface area (Å²) in [6, 6.07) is 1.89. The van der Waals surface area contributed by atoms with Crippen molar-refractivity contribution in [2.75, 3.05) is 13.1 Å². The molecule has 0 aliphatic rings. The van der Waals surface area contributed by atoms with Crippen LogP contribution in [0.4, 0.5) is 0 Å². The van der Waals surface area contributed by atoms with Crippen LogP contribution in [-0.4, -0.2) is 38.8 Å². The Hall–Kier alpha value is -1.36. The highest BCUT2D eigenvalue weighted by atomic mass is 16.4. The Labute approximate surface area is 82.9 Å². The highest BCUT2D eigenvalue weighted by Gasteiger charge is 2.09. The molecule has 0 radical (unpaired) electrons. The Morgan fingerprint density at radius 1 is 1.71 bits per heavy atom. The number of nitrogens with zero attached hydrogens (tertiary/aromatic N) is 3. The molecule has 5 heteroatoms. The molecule has 78 valence electrons. The molecule has 0 fully saturated rings. The van der Waals surface area contributed by atoms with Crippen molar-refractivity contribution in [2.45, 2.75) is 13.5 Å². The Bertz CT molecular complexity index is 309. The minimum atomic E-state index is -0.803. The minimum Gasteiger partial charge on any atom is -0.480 e. The van der Waals surface area contributed by atoms with Crippen molar-refractivity contribution in [1.82, 2.24) is 14.7 Å². The van der Waals surface area contributed by atoms with Crippen LogP contribution in [0.5, 0.6) is 0 Å². The Morgan fingerprint density at radius 2 is 2.43 bits per heavy atom. The van der Waals surface area contributed by atoms with Crippen LogP contribution in [-0.2, 0) is 18.4 Å². The zero-order valence-corrected chi connectivity index (χ0v) is 8.47. The molecule has 0 aliphatic carbocycles. The predicted molar refractivity (Wildman–Crippen MR) is 51.8 cm³/mol. The van der Waals surface area contributed by atoms with E-state index in [2.05, 4.69) is 5.10 Å². The van der Waals surface area contributed by atoms with Gasteiger partial charge in [0, 0.05) is 19.8 Å². The quantitative estimate of drug-likeness (QED) is 0.738. The number of hydrogen-bond donors (Lipinski definition) is 1. The van der Waals surface area contributed by atoms with E-state index >= 15 is 0 Å². The molecule has 0 aromatic carbocycles. The van der Waals surface area contributed by atoms with Crippen molar-refractivity contribution in [3.8, 4) is 0 Å². The largest absolute Gasteiger partial charge is 0.480 e. The molecule has 0 unspecified atom stereocenters. The highest BCUT2D eigenvalue weighted by molar-refractivity contribution is 5.69. The molecule has 0 amide bonds. The van der Waals surface area contributed by atoms with Gasteiger partial charge in [0.15, 0.2) is 0 Å². The molecular formula is C9H15N3O2. The third-order valence-corrected chi connectivity index (χ3v) is 1.96. The smallest absolute Gasteiger partial charge is 0.317 e. The van der Waals surface area contributed by atoms with Gasteiger partial charge in [-0.05, 0) is 12.6 Å². The summed E-state index contributed by atoms with van der Waals surface area (Å²) in [6.45, 7) is 3.30. The molecule has 0 aliphatic heterocycles. The van der Waals surface area contributed by atoms with E-state index in [1.165, 1.54) is 0 Å². The molecular weight excluding hydrogens is 182 g/mol. The summed E-state index contributed by atoms with van der Waals surface area (Å²) < 4.78 is 1.71. The first-order valence-corrected chi connectivity index (χ1v) is 4.54. The fraction of sp³-hybridized carbons (Fsp3) is 0.556. The lowest BCUT2D eigenvalue weighted by atomic mass is 10.4. The lowest BCUT2D eigenvalue weighted by Crippen LogP contribution is -2.29. The normalized spacial score (nSPS) is 10.8. The maximum atomic E-state index is 10.5. The van der Waals surface area contributed by atoms with Crippen LogP contribution in [0.1, 0.15) is 12.6 Å². The van der Waals surface area contributed by atoms with E-state index in [0.717, 1.165) is 5.69 Å². The average molecular weight is 197 g/mol. The van der Waals surface area contributed by atoms with E-state index < -0.39 is 5.97 Å². The third-order valence-electron chi connectivity index (χ3n) is 1.96. The Balaban J connectivity index is 2.52. The van der Waals surface area contributed by atoms with Gasteiger partial charge in [-0.15, -0.1) is 0 Å². The maximum absolute atomic E-state index is 10.5. The van der Waals surface area contributed by atoms with Gasteiger partial charge in [0.1, 0.15) is 0 Å². The monoisotopic (exact) mass is 197 g/mol. The first kappa shape index (κ1) is 10.7. The SMILES string of the molecule is CCN(CC(=O)O)Cc1ccn(C)n1. The lowest BCUT2D eigenvalue weighted by molar-refractivity contribution is -0.138. The fourth-order valence-corrected chi connectivity index (χ4v) is 1.25. The summed E-state index contributed by atoms with van der Waals surface area (Å²) in [7, 11) is 1.84. The second-order valence-corrected chi connectivity index (χ2v) is 3.18. The number of aryl methyl sites for hydroxylation is 1. The van der Waals surface area contributed by atoms with Gasteiger partial charge >= 0.3 is 5.97 Å². The highest BCUT2D eigenvalue weighted by Crippen LogP contribution is 2.00. The second kappa shape index (κ2) is 4.76. The summed E-state index contributed by atoms with van der Waals surface area (Å²) >= 11 is 0. The van der Waals surface area contributed by atoms with Crippen LogP contribution in [0.15, 0.2) is 12.3 Å². The zero-order valence-electron chi connectivity index (χ0n) is 8.47. The molecule has 0 saturated carbocycles. The van der Waals surface area contributed by atoms with Crippen LogP contribution < -0.4 is 0 Å². The zero-order chi connectivity index (χ0) is 10.6. The molecule has 1 aromatic rings. The summed E-state index contributed by atoms with van der Waals surface area (Å²) in [5.74, 6) is -0.803. The third kappa shape index (κ3) is 3.18. The first-order valence-electron chi connectivity index (χ1n) is 4.54. The van der Waals surface area contributed by atoms with Crippen molar-refractivity contribution >= 4 is 5.97 Å². The first-order chi connectivity index (χ1) is 6.61. The van der Waals surface area contributed by atoms with Crippen LogP contribution in [0.25, 0.3) is 0 Å². The van der Waals surface area contributed by atoms with Crippen LogP contribution >= 0.6 is 0 Å². The molecule has 5 nitrogen and oxygen atoms in total. The van der Waals surface area contributed by atoms with E-state index in [4.69, 9.17) is 5.11 Å². The van der Waals surface area contributed by atoms with Gasteiger partial charge in [0.2, 0.25) is 0 Å². The van der Waals surface area contributed by atoms with Gasteiger partial charge in [-0.1, -0.05) is 6.92 Å². The van der Waals surface area contributed by atoms with Crippen molar-refractivity contribution < 1.29 is 9.90 Å². The number of carbonyl (C=O) groups is 1. The van der Waals surface area contributed by atoms with Crippen LogP contribution in [0, 0.1) is 0 Å². The number of likely N-dealkylation sites (N-methyl/N-ethyl adjacent to an activating group) is 1. The molecule has 0 saturated heterocycles. The van der Waals surface area contributed by atoms with E-state index in [0.29, 0.717) is 13.1 Å². The predicted octanol–water partition coefficient (Wildman–Crippen LogP) is 0.327. The summed E-state index contributed by atoms with van der Waals surface area (Å²) in [5, 5.41) is 12.8. The summed E-state index contributed by atoms with van der Waals surface area (Å²) in [6.07, 6.45) is 1.85. The molecule has 1 N–H and O–H groups in total. The molecule has 1 heterocycles. The maximum Gasteiger partial charge on any atom is 0.317 e. The van der Waals surface area contributed by atoms with Crippen molar-refractivity contribution in [3.63, 3.8) is 0 Å². The fourth-order valence-electron chi connectivity index (χ4n) is 1.25. The summed E-state index contributed by atoms with van der Waals surface area (Å²) in [5.41, 5.74) is 0.899. The van der Waals surface area contributed by atoms with Gasteiger partial charge in [0.05, 0.1) is 12.2 Å². The van der Waals surface area contributed by atoms with Gasteiger partial charge in [-0.25, -0.2) is 0 Å². The second-order valence-electron chi connectivity index (χ2n) is 3.18. The molecule has 1 aromatic heterocycles. The molecule has 1 rings (SSSR count). The molecule has 0 atom stereocenters. The molecule has 14 heavy (non-hydrogen) atoms. The lowest BCUT2D eigenvalue weighted by Gasteiger charge is -2.15. The Morgan fingerprint density at radius 3 is 2.86 bits per heavy atom.